The molecule has 0 amide bonds. The van der Waals surface area contributed by atoms with Crippen LogP contribution in [-0.4, -0.2) is 15.6 Å². The van der Waals surface area contributed by atoms with E-state index in [1.165, 1.54) is 10.9 Å². The van der Waals surface area contributed by atoms with Crippen LogP contribution < -0.4 is 0 Å². The van der Waals surface area contributed by atoms with Crippen LogP contribution in [0.1, 0.15) is 35.3 Å². The Morgan fingerprint density at radius 3 is 2.56 bits per heavy atom. The summed E-state index contributed by atoms with van der Waals surface area (Å²) in [6.45, 7) is 2.00. The molecule has 0 aliphatic rings. The summed E-state index contributed by atoms with van der Waals surface area (Å²) < 4.78 is 1.54. The zero-order valence-corrected chi connectivity index (χ0v) is 11.2. The first kappa shape index (κ1) is 12.8. The molecule has 2 aromatic rings. The van der Waals surface area contributed by atoms with E-state index in [-0.39, 0.29) is 11.7 Å². The molecule has 0 N–H and O–H groups in total. The summed E-state index contributed by atoms with van der Waals surface area (Å²) in [7, 11) is 1.73. The molecule has 0 aliphatic heterocycles. The minimum Gasteiger partial charge on any atom is -0.292 e. The summed E-state index contributed by atoms with van der Waals surface area (Å²) in [5, 5.41) is 4.43. The van der Waals surface area contributed by atoms with E-state index in [1.54, 1.807) is 7.05 Å². The van der Waals surface area contributed by atoms with Crippen molar-refractivity contribution in [3.05, 3.63) is 52.8 Å². The van der Waals surface area contributed by atoms with Gasteiger partial charge in [0.25, 0.3) is 0 Å². The number of halogens is 1. The van der Waals surface area contributed by atoms with Gasteiger partial charge in [0.2, 0.25) is 0 Å². The van der Waals surface area contributed by atoms with Gasteiger partial charge >= 0.3 is 0 Å². The summed E-state index contributed by atoms with van der Waals surface area (Å²) in [6, 6.07) is 9.76. The van der Waals surface area contributed by atoms with Gasteiger partial charge in [-0.1, -0.05) is 48.9 Å². The minimum atomic E-state index is -0.168. The molecule has 1 heterocycles. The molecule has 0 aliphatic carbocycles. The van der Waals surface area contributed by atoms with Gasteiger partial charge in [-0.15, -0.1) is 0 Å². The molecule has 1 aromatic heterocycles. The molecule has 0 saturated heterocycles. The second-order valence-electron chi connectivity index (χ2n) is 4.20. The summed E-state index contributed by atoms with van der Waals surface area (Å²) in [5.41, 5.74) is 1.50. The van der Waals surface area contributed by atoms with Gasteiger partial charge in [0.1, 0.15) is 5.69 Å². The van der Waals surface area contributed by atoms with Gasteiger partial charge in [0.15, 0.2) is 5.78 Å². The molecule has 1 unspecified atom stereocenters. The van der Waals surface area contributed by atoms with Gasteiger partial charge in [-0.2, -0.15) is 5.10 Å². The zero-order valence-electron chi connectivity index (χ0n) is 10.4. The average molecular weight is 263 g/mol. The van der Waals surface area contributed by atoms with E-state index < -0.39 is 0 Å². The van der Waals surface area contributed by atoms with Crippen molar-refractivity contribution < 1.29 is 4.79 Å². The second-order valence-corrected chi connectivity index (χ2v) is 4.61. The van der Waals surface area contributed by atoms with E-state index in [4.69, 9.17) is 11.6 Å². The lowest BCUT2D eigenvalue weighted by Crippen LogP contribution is -2.16. The summed E-state index contributed by atoms with van der Waals surface area (Å²) in [6.07, 6.45) is 2.25. The molecule has 4 heteroatoms. The fraction of sp³-hybridized carbons (Fsp3) is 0.286. The Morgan fingerprint density at radius 1 is 1.39 bits per heavy atom. The molecule has 0 bridgehead atoms. The third kappa shape index (κ3) is 2.31. The van der Waals surface area contributed by atoms with E-state index in [1.807, 2.05) is 37.3 Å². The zero-order chi connectivity index (χ0) is 13.1. The maximum Gasteiger partial charge on any atom is 0.189 e. The average Bonchev–Trinajstić information content (AvgIpc) is 2.71. The molecule has 0 spiro atoms. The molecule has 18 heavy (non-hydrogen) atoms. The van der Waals surface area contributed by atoms with E-state index >= 15 is 0 Å². The lowest BCUT2D eigenvalue weighted by atomic mass is 9.91. The van der Waals surface area contributed by atoms with E-state index in [2.05, 4.69) is 5.10 Å². The van der Waals surface area contributed by atoms with Crippen molar-refractivity contribution in [1.29, 1.82) is 0 Å². The SMILES string of the molecule is CCC(C(=O)c1c(Cl)cnn1C)c1ccccc1. The molecular weight excluding hydrogens is 248 g/mol. The van der Waals surface area contributed by atoms with Crippen LogP contribution in [0.3, 0.4) is 0 Å². The van der Waals surface area contributed by atoms with Crippen LogP contribution in [0, 0.1) is 0 Å². The smallest absolute Gasteiger partial charge is 0.189 e. The topological polar surface area (TPSA) is 34.9 Å². The largest absolute Gasteiger partial charge is 0.292 e. The summed E-state index contributed by atoms with van der Waals surface area (Å²) in [5.74, 6) is -0.146. The number of rotatable bonds is 4. The van der Waals surface area contributed by atoms with Crippen molar-refractivity contribution in [2.24, 2.45) is 7.05 Å². The lowest BCUT2D eigenvalue weighted by molar-refractivity contribution is 0.0948. The van der Waals surface area contributed by atoms with Crippen molar-refractivity contribution in [3.63, 3.8) is 0 Å². The van der Waals surface area contributed by atoms with Crippen molar-refractivity contribution in [1.82, 2.24) is 9.78 Å². The van der Waals surface area contributed by atoms with Crippen LogP contribution in [0.15, 0.2) is 36.5 Å². The van der Waals surface area contributed by atoms with Crippen molar-refractivity contribution in [2.45, 2.75) is 19.3 Å². The number of aromatic nitrogens is 2. The molecule has 2 rings (SSSR count). The first-order chi connectivity index (χ1) is 8.65. The molecular formula is C14H15ClN2O. The standard InChI is InChI=1S/C14H15ClN2O/c1-3-11(10-7-5-4-6-8-10)14(18)13-12(15)9-16-17(13)2/h4-9,11H,3H2,1-2H3. The fourth-order valence-electron chi connectivity index (χ4n) is 2.11. The Labute approximate surface area is 111 Å². The number of ketones is 1. The third-order valence-corrected chi connectivity index (χ3v) is 3.33. The number of benzene rings is 1. The number of carbonyl (C=O) groups is 1. The van der Waals surface area contributed by atoms with E-state index in [0.717, 1.165) is 12.0 Å². The van der Waals surface area contributed by atoms with Gasteiger partial charge in [-0.05, 0) is 12.0 Å². The minimum absolute atomic E-state index is 0.0219. The Balaban J connectivity index is 2.38. The first-order valence-corrected chi connectivity index (χ1v) is 6.29. The molecule has 3 nitrogen and oxygen atoms in total. The van der Waals surface area contributed by atoms with Crippen LogP contribution in [0.2, 0.25) is 5.02 Å². The van der Waals surface area contributed by atoms with E-state index in [0.29, 0.717) is 10.7 Å². The van der Waals surface area contributed by atoms with E-state index in [9.17, 15) is 4.79 Å². The maximum absolute atomic E-state index is 12.5. The highest BCUT2D eigenvalue weighted by molar-refractivity contribution is 6.33. The normalized spacial score (nSPS) is 12.4. The monoisotopic (exact) mass is 262 g/mol. The number of nitrogens with zero attached hydrogens (tertiary/aromatic N) is 2. The molecule has 0 saturated carbocycles. The van der Waals surface area contributed by atoms with Crippen molar-refractivity contribution in [2.75, 3.05) is 0 Å². The van der Waals surface area contributed by atoms with Crippen LogP contribution in [-0.2, 0) is 7.05 Å². The summed E-state index contributed by atoms with van der Waals surface area (Å²) in [4.78, 5) is 12.5. The van der Waals surface area contributed by atoms with Crippen LogP contribution in [0.25, 0.3) is 0 Å². The quantitative estimate of drug-likeness (QED) is 0.791. The number of Topliss-reactive ketones (excluding diaryl/α,β-unsaturated/α-hetero) is 1. The molecule has 1 aromatic carbocycles. The second kappa shape index (κ2) is 5.36. The molecule has 94 valence electrons. The predicted octanol–water partition coefficient (Wildman–Crippen LogP) is 3.45. The van der Waals surface area contributed by atoms with Gasteiger partial charge in [-0.25, -0.2) is 0 Å². The third-order valence-electron chi connectivity index (χ3n) is 3.05. The predicted molar refractivity (Wildman–Crippen MR) is 72.0 cm³/mol. The highest BCUT2D eigenvalue weighted by Crippen LogP contribution is 2.27. The number of hydrogen-bond donors (Lipinski definition) is 0. The van der Waals surface area contributed by atoms with Crippen LogP contribution in [0.4, 0.5) is 0 Å². The number of aryl methyl sites for hydroxylation is 1. The molecule has 0 fully saturated rings. The lowest BCUT2D eigenvalue weighted by Gasteiger charge is -2.14. The Bertz CT molecular complexity index is 529. The van der Waals surface area contributed by atoms with Crippen molar-refractivity contribution in [3.8, 4) is 0 Å². The highest BCUT2D eigenvalue weighted by atomic mass is 35.5. The van der Waals surface area contributed by atoms with Gasteiger partial charge in [-0.3, -0.25) is 9.48 Å². The number of carbonyl (C=O) groups excluding carboxylic acids is 1. The van der Waals surface area contributed by atoms with Crippen LogP contribution in [0.5, 0.6) is 0 Å². The highest BCUT2D eigenvalue weighted by Gasteiger charge is 2.25. The van der Waals surface area contributed by atoms with Gasteiger partial charge in [0.05, 0.1) is 11.2 Å². The molecule has 1 atom stereocenters. The first-order valence-electron chi connectivity index (χ1n) is 5.91. The fourth-order valence-corrected chi connectivity index (χ4v) is 2.37. The van der Waals surface area contributed by atoms with Crippen molar-refractivity contribution >= 4 is 17.4 Å². The number of hydrogen-bond acceptors (Lipinski definition) is 2. The maximum atomic E-state index is 12.5. The summed E-state index contributed by atoms with van der Waals surface area (Å²) >= 11 is 6.02. The Hall–Kier alpha value is -1.61. The van der Waals surface area contributed by atoms with Gasteiger partial charge in [0, 0.05) is 13.0 Å². The van der Waals surface area contributed by atoms with Gasteiger partial charge < -0.3 is 0 Å². The Morgan fingerprint density at radius 2 is 2.06 bits per heavy atom. The Kier molecular flexibility index (Phi) is 3.82. The van der Waals surface area contributed by atoms with Crippen LogP contribution >= 0.6 is 11.6 Å². The molecule has 0 radical (unpaired) electrons.